The van der Waals surface area contributed by atoms with Crippen LogP contribution >= 0.6 is 0 Å². The maximum absolute atomic E-state index is 4.51. The maximum atomic E-state index is 4.51. The van der Waals surface area contributed by atoms with Crippen LogP contribution in [0.5, 0.6) is 0 Å². The van der Waals surface area contributed by atoms with Crippen molar-refractivity contribution in [3.63, 3.8) is 0 Å². The smallest absolute Gasteiger partial charge is 0.109 e. The normalized spacial score (nSPS) is 30.6. The van der Waals surface area contributed by atoms with E-state index in [2.05, 4.69) is 38.6 Å². The number of nitrogens with zero attached hydrogens (tertiary/aromatic N) is 4. The number of hydrogen-bond donors (Lipinski definition) is 1. The van der Waals surface area contributed by atoms with Gasteiger partial charge in [-0.2, -0.15) is 0 Å². The highest BCUT2D eigenvalue weighted by molar-refractivity contribution is 5.01. The summed E-state index contributed by atoms with van der Waals surface area (Å²) in [6.07, 6.45) is 6.16. The Labute approximate surface area is 122 Å². The van der Waals surface area contributed by atoms with E-state index in [0.29, 0.717) is 12.1 Å². The van der Waals surface area contributed by atoms with Gasteiger partial charge in [0.15, 0.2) is 0 Å². The number of hydrogen-bond acceptors (Lipinski definition) is 4. The Balaban J connectivity index is 1.70. The Kier molecular flexibility index (Phi) is 4.38. The molecule has 5 nitrogen and oxygen atoms in total. The summed E-state index contributed by atoms with van der Waals surface area (Å²) in [5, 5.41) is 3.77. The lowest BCUT2D eigenvalue weighted by Crippen LogP contribution is -2.66. The number of imidazole rings is 1. The summed E-state index contributed by atoms with van der Waals surface area (Å²) in [5.74, 6) is 1.19. The predicted octanol–water partition coefficient (Wildman–Crippen LogP) is 0.331. The van der Waals surface area contributed by atoms with Crippen molar-refractivity contribution in [2.45, 2.75) is 31.8 Å². The van der Waals surface area contributed by atoms with E-state index in [0.717, 1.165) is 13.0 Å². The number of fused-ring (bicyclic) bond motifs is 3. The summed E-state index contributed by atoms with van der Waals surface area (Å²) in [7, 11) is 2.09. The molecule has 0 radical (unpaired) electrons. The van der Waals surface area contributed by atoms with Crippen LogP contribution in [0.1, 0.15) is 19.2 Å². The van der Waals surface area contributed by atoms with Crippen LogP contribution in [0, 0.1) is 0 Å². The Morgan fingerprint density at radius 2 is 2.15 bits per heavy atom. The Bertz CT molecular complexity index is 422. The maximum Gasteiger partial charge on any atom is 0.109 e. The van der Waals surface area contributed by atoms with Gasteiger partial charge in [0.1, 0.15) is 5.82 Å². The molecule has 1 aromatic rings. The van der Waals surface area contributed by atoms with Crippen molar-refractivity contribution in [2.24, 2.45) is 7.05 Å². The SMILES string of the molecule is CCCNC(Cc1nccn1C)C1CN2CCN1CC2. The van der Waals surface area contributed by atoms with E-state index in [9.17, 15) is 0 Å². The molecule has 4 rings (SSSR count). The highest BCUT2D eigenvalue weighted by Crippen LogP contribution is 2.20. The minimum Gasteiger partial charge on any atom is -0.338 e. The third-order valence-corrected chi connectivity index (χ3v) is 4.77. The van der Waals surface area contributed by atoms with Crippen LogP contribution in [-0.4, -0.2) is 70.7 Å². The Morgan fingerprint density at radius 3 is 2.70 bits per heavy atom. The second kappa shape index (κ2) is 6.24. The molecule has 3 aliphatic rings. The topological polar surface area (TPSA) is 36.3 Å². The second-order valence-corrected chi connectivity index (χ2v) is 6.12. The van der Waals surface area contributed by atoms with E-state index in [1.165, 1.54) is 45.0 Å². The fourth-order valence-corrected chi connectivity index (χ4v) is 3.50. The zero-order valence-corrected chi connectivity index (χ0v) is 12.8. The quantitative estimate of drug-likeness (QED) is 0.813. The lowest BCUT2D eigenvalue weighted by molar-refractivity contribution is -0.00345. The van der Waals surface area contributed by atoms with Crippen molar-refractivity contribution in [2.75, 3.05) is 39.3 Å². The lowest BCUT2D eigenvalue weighted by Gasteiger charge is -2.50. The molecule has 0 aromatic carbocycles. The predicted molar refractivity (Wildman–Crippen MR) is 80.8 cm³/mol. The Hall–Kier alpha value is -0.910. The van der Waals surface area contributed by atoms with Gasteiger partial charge in [-0.25, -0.2) is 4.98 Å². The minimum atomic E-state index is 0.513. The number of piperazine rings is 3. The molecule has 0 saturated carbocycles. The summed E-state index contributed by atoms with van der Waals surface area (Å²) in [6.45, 7) is 9.51. The molecule has 2 unspecified atom stereocenters. The van der Waals surface area contributed by atoms with Crippen molar-refractivity contribution >= 4 is 0 Å². The monoisotopic (exact) mass is 277 g/mol. The van der Waals surface area contributed by atoms with Gasteiger partial charge in [-0.1, -0.05) is 6.92 Å². The average Bonchev–Trinajstić information content (AvgIpc) is 2.90. The van der Waals surface area contributed by atoms with Crippen LogP contribution in [-0.2, 0) is 13.5 Å². The molecule has 2 atom stereocenters. The molecular weight excluding hydrogens is 250 g/mol. The highest BCUT2D eigenvalue weighted by atomic mass is 15.4. The standard InChI is InChI=1S/C15H27N5/c1-3-4-16-13(11-15-17-5-6-18(15)2)14-12-19-7-9-20(14)10-8-19/h5-6,13-14,16H,3-4,7-12H2,1-2H3. The largest absolute Gasteiger partial charge is 0.338 e. The molecule has 112 valence electrons. The summed E-state index contributed by atoms with van der Waals surface area (Å²) >= 11 is 0. The molecule has 1 N–H and O–H groups in total. The van der Waals surface area contributed by atoms with E-state index in [1.807, 2.05) is 12.4 Å². The van der Waals surface area contributed by atoms with E-state index in [-0.39, 0.29) is 0 Å². The van der Waals surface area contributed by atoms with Gasteiger partial charge in [0.2, 0.25) is 0 Å². The fourth-order valence-electron chi connectivity index (χ4n) is 3.50. The molecule has 4 heterocycles. The molecule has 3 saturated heterocycles. The van der Waals surface area contributed by atoms with Crippen LogP contribution in [0.3, 0.4) is 0 Å². The van der Waals surface area contributed by atoms with E-state index in [4.69, 9.17) is 0 Å². The van der Waals surface area contributed by atoms with Crippen LogP contribution in [0.25, 0.3) is 0 Å². The van der Waals surface area contributed by atoms with Crippen molar-refractivity contribution in [1.82, 2.24) is 24.7 Å². The lowest BCUT2D eigenvalue weighted by atomic mass is 9.97. The third-order valence-electron chi connectivity index (χ3n) is 4.77. The number of aromatic nitrogens is 2. The second-order valence-electron chi connectivity index (χ2n) is 6.12. The van der Waals surface area contributed by atoms with Crippen molar-refractivity contribution in [3.05, 3.63) is 18.2 Å². The molecule has 0 spiro atoms. The zero-order chi connectivity index (χ0) is 13.9. The number of rotatable bonds is 6. The van der Waals surface area contributed by atoms with Gasteiger partial charge in [-0.05, 0) is 13.0 Å². The van der Waals surface area contributed by atoms with Gasteiger partial charge in [-0.3, -0.25) is 9.80 Å². The van der Waals surface area contributed by atoms with Gasteiger partial charge in [0.05, 0.1) is 0 Å². The molecule has 5 heteroatoms. The first-order valence-corrected chi connectivity index (χ1v) is 7.94. The van der Waals surface area contributed by atoms with Crippen molar-refractivity contribution < 1.29 is 0 Å². The van der Waals surface area contributed by atoms with Gasteiger partial charge >= 0.3 is 0 Å². The molecule has 0 amide bonds. The van der Waals surface area contributed by atoms with Gasteiger partial charge in [0, 0.05) is 70.7 Å². The summed E-state index contributed by atoms with van der Waals surface area (Å²) in [4.78, 5) is 9.80. The molecule has 2 bridgehead atoms. The van der Waals surface area contributed by atoms with Gasteiger partial charge < -0.3 is 9.88 Å². The number of aryl methyl sites for hydroxylation is 1. The fraction of sp³-hybridized carbons (Fsp3) is 0.800. The first-order valence-electron chi connectivity index (χ1n) is 7.94. The van der Waals surface area contributed by atoms with E-state index >= 15 is 0 Å². The molecule has 1 aromatic heterocycles. The highest BCUT2D eigenvalue weighted by Gasteiger charge is 2.36. The van der Waals surface area contributed by atoms with Crippen LogP contribution < -0.4 is 5.32 Å². The molecule has 20 heavy (non-hydrogen) atoms. The minimum absolute atomic E-state index is 0.513. The first kappa shape index (κ1) is 14.0. The molecular formula is C15H27N5. The molecule has 0 aliphatic carbocycles. The van der Waals surface area contributed by atoms with Crippen molar-refractivity contribution in [3.8, 4) is 0 Å². The van der Waals surface area contributed by atoms with Gasteiger partial charge in [-0.15, -0.1) is 0 Å². The van der Waals surface area contributed by atoms with Crippen LogP contribution in [0.4, 0.5) is 0 Å². The zero-order valence-electron chi connectivity index (χ0n) is 12.8. The summed E-state index contributed by atoms with van der Waals surface area (Å²) < 4.78 is 2.15. The van der Waals surface area contributed by atoms with Gasteiger partial charge in [0.25, 0.3) is 0 Å². The number of nitrogens with one attached hydrogen (secondary N) is 1. The van der Waals surface area contributed by atoms with E-state index in [1.54, 1.807) is 0 Å². The Morgan fingerprint density at radius 1 is 1.35 bits per heavy atom. The average molecular weight is 277 g/mol. The van der Waals surface area contributed by atoms with Crippen molar-refractivity contribution in [1.29, 1.82) is 0 Å². The summed E-state index contributed by atoms with van der Waals surface area (Å²) in [6, 6.07) is 1.15. The molecule has 3 fully saturated rings. The summed E-state index contributed by atoms with van der Waals surface area (Å²) in [5.41, 5.74) is 0. The third kappa shape index (κ3) is 2.90. The van der Waals surface area contributed by atoms with Crippen LogP contribution in [0.15, 0.2) is 12.4 Å². The van der Waals surface area contributed by atoms with Crippen LogP contribution in [0.2, 0.25) is 0 Å². The van der Waals surface area contributed by atoms with E-state index < -0.39 is 0 Å². The molecule has 3 aliphatic heterocycles. The first-order chi connectivity index (χ1) is 9.78.